The Morgan fingerprint density at radius 1 is 1.09 bits per heavy atom. The van der Waals surface area contributed by atoms with Crippen molar-refractivity contribution in [2.75, 3.05) is 0 Å². The Hall–Kier alpha value is -2.45. The second-order valence-corrected chi connectivity index (χ2v) is 9.96. The molecule has 0 saturated heterocycles. The lowest BCUT2D eigenvalue weighted by molar-refractivity contribution is -0.0371. The first-order valence-electron chi connectivity index (χ1n) is 10.1. The summed E-state index contributed by atoms with van der Waals surface area (Å²) in [6.45, 7) is 9.04. The molecule has 0 unspecified atom stereocenters. The van der Waals surface area contributed by atoms with Crippen molar-refractivity contribution in [1.82, 2.24) is 4.98 Å². The van der Waals surface area contributed by atoms with Crippen molar-refractivity contribution in [3.63, 3.8) is 0 Å². The highest BCUT2D eigenvalue weighted by Crippen LogP contribution is 2.41. The summed E-state index contributed by atoms with van der Waals surface area (Å²) < 4.78 is 49.4. The molecular formula is C24H23ClF3NO3S. The second-order valence-electron chi connectivity index (χ2n) is 8.72. The number of halogens is 4. The number of esters is 1. The van der Waals surface area contributed by atoms with Crippen molar-refractivity contribution < 1.29 is 26.9 Å². The first-order valence-corrected chi connectivity index (χ1v) is 11.3. The fraction of sp³-hybridized carbons (Fsp3) is 0.333. The number of benzene rings is 2. The van der Waals surface area contributed by atoms with E-state index < -0.39 is 35.0 Å². The SMILES string of the molecule is CC(C)c1cccc(-c2c(C(=O)OC(C)(C)C)c(OSC(F)(F)F)nc3ccc(Cl)cc23)c1. The standard InChI is InChI=1S/C24H23ClF3NO3S/c1-13(2)14-7-6-8-15(11-14)19-17-12-16(25)9-10-18(17)29-21(32-33-24(26,27)28)20(19)22(30)31-23(3,4)5/h6-13H,1-5H3. The molecule has 0 aliphatic carbocycles. The Labute approximate surface area is 199 Å². The minimum Gasteiger partial charge on any atom is -0.456 e. The van der Waals surface area contributed by atoms with E-state index in [1.165, 1.54) is 0 Å². The maximum atomic E-state index is 13.3. The highest BCUT2D eigenvalue weighted by atomic mass is 35.5. The molecule has 9 heteroatoms. The molecule has 33 heavy (non-hydrogen) atoms. The lowest BCUT2D eigenvalue weighted by Crippen LogP contribution is -2.25. The molecule has 2 aromatic carbocycles. The first-order chi connectivity index (χ1) is 15.2. The summed E-state index contributed by atoms with van der Waals surface area (Å²) in [5.74, 6) is -1.14. The van der Waals surface area contributed by atoms with Gasteiger partial charge in [-0.3, -0.25) is 0 Å². The maximum absolute atomic E-state index is 13.3. The Morgan fingerprint density at radius 2 is 1.79 bits per heavy atom. The molecule has 4 nitrogen and oxygen atoms in total. The summed E-state index contributed by atoms with van der Waals surface area (Å²) in [6.07, 6.45) is 0. The summed E-state index contributed by atoms with van der Waals surface area (Å²) in [5.41, 5.74) is -3.52. The predicted molar refractivity (Wildman–Crippen MR) is 126 cm³/mol. The number of aromatic nitrogens is 1. The molecule has 0 spiro atoms. The van der Waals surface area contributed by atoms with Crippen LogP contribution in [0.4, 0.5) is 13.2 Å². The van der Waals surface area contributed by atoms with Gasteiger partial charge in [0, 0.05) is 16.0 Å². The van der Waals surface area contributed by atoms with Crippen LogP contribution in [0.1, 0.15) is 56.5 Å². The van der Waals surface area contributed by atoms with Crippen molar-refractivity contribution in [2.24, 2.45) is 0 Å². The van der Waals surface area contributed by atoms with E-state index in [4.69, 9.17) is 20.5 Å². The van der Waals surface area contributed by atoms with Gasteiger partial charge >= 0.3 is 11.5 Å². The van der Waals surface area contributed by atoms with E-state index in [1.54, 1.807) is 45.0 Å². The first kappa shape index (κ1) is 25.2. The molecule has 0 N–H and O–H groups in total. The van der Waals surface area contributed by atoms with E-state index in [1.807, 2.05) is 32.0 Å². The lowest BCUT2D eigenvalue weighted by atomic mass is 9.92. The van der Waals surface area contributed by atoms with E-state index in [0.29, 0.717) is 27.1 Å². The smallest absolute Gasteiger partial charge is 0.456 e. The molecule has 0 aliphatic rings. The number of carbonyl (C=O) groups excluding carboxylic acids is 1. The van der Waals surface area contributed by atoms with Gasteiger partial charge in [0.2, 0.25) is 5.88 Å². The number of ether oxygens (including phenoxy) is 1. The van der Waals surface area contributed by atoms with Crippen LogP contribution in [0.3, 0.4) is 0 Å². The van der Waals surface area contributed by atoms with Crippen molar-refractivity contribution in [3.05, 3.63) is 58.6 Å². The topological polar surface area (TPSA) is 48.4 Å². The number of alkyl halides is 3. The Morgan fingerprint density at radius 3 is 2.39 bits per heavy atom. The van der Waals surface area contributed by atoms with Crippen LogP contribution in [0.25, 0.3) is 22.0 Å². The van der Waals surface area contributed by atoms with Crippen LogP contribution in [0.5, 0.6) is 5.88 Å². The Kier molecular flexibility index (Phi) is 7.19. The zero-order chi connectivity index (χ0) is 24.6. The van der Waals surface area contributed by atoms with E-state index in [0.717, 1.165) is 5.56 Å². The normalized spacial score (nSPS) is 12.3. The number of pyridine rings is 1. The van der Waals surface area contributed by atoms with Crippen molar-refractivity contribution in [3.8, 4) is 17.0 Å². The van der Waals surface area contributed by atoms with Gasteiger partial charge < -0.3 is 8.92 Å². The molecule has 0 bridgehead atoms. The monoisotopic (exact) mass is 497 g/mol. The summed E-state index contributed by atoms with van der Waals surface area (Å²) in [4.78, 5) is 17.5. The molecule has 1 heterocycles. The molecule has 1 aromatic heterocycles. The van der Waals surface area contributed by atoms with Crippen molar-refractivity contribution in [1.29, 1.82) is 0 Å². The van der Waals surface area contributed by atoms with Crippen LogP contribution in [-0.2, 0) is 4.74 Å². The van der Waals surface area contributed by atoms with Crippen LogP contribution in [0.2, 0.25) is 5.02 Å². The van der Waals surface area contributed by atoms with Crippen molar-refractivity contribution in [2.45, 2.75) is 51.6 Å². The van der Waals surface area contributed by atoms with E-state index in [9.17, 15) is 18.0 Å². The molecule has 0 fully saturated rings. The quantitative estimate of drug-likeness (QED) is 0.263. The summed E-state index contributed by atoms with van der Waals surface area (Å²) in [5, 5.41) is 0.882. The van der Waals surface area contributed by atoms with E-state index >= 15 is 0 Å². The van der Waals surface area contributed by atoms with E-state index in [2.05, 4.69) is 4.98 Å². The molecule has 0 amide bonds. The zero-order valence-electron chi connectivity index (χ0n) is 18.7. The number of nitrogens with zero attached hydrogens (tertiary/aromatic N) is 1. The van der Waals surface area contributed by atoms with Crippen LogP contribution in [0.15, 0.2) is 42.5 Å². The predicted octanol–water partition coefficient (Wildman–Crippen LogP) is 8.18. The van der Waals surface area contributed by atoms with Gasteiger partial charge in [0.25, 0.3) is 0 Å². The molecule has 0 saturated carbocycles. The molecular weight excluding hydrogens is 475 g/mol. The van der Waals surface area contributed by atoms with Crippen LogP contribution in [-0.4, -0.2) is 22.1 Å². The van der Waals surface area contributed by atoms with Gasteiger partial charge in [0.1, 0.15) is 11.2 Å². The molecule has 3 aromatic rings. The average molecular weight is 498 g/mol. The van der Waals surface area contributed by atoms with Crippen LogP contribution in [0, 0.1) is 0 Å². The highest BCUT2D eigenvalue weighted by Gasteiger charge is 2.35. The Bertz CT molecular complexity index is 1190. The third-order valence-corrected chi connectivity index (χ3v) is 5.24. The number of fused-ring (bicyclic) bond motifs is 1. The van der Waals surface area contributed by atoms with E-state index in [-0.39, 0.29) is 11.5 Å². The van der Waals surface area contributed by atoms with Crippen LogP contribution < -0.4 is 4.18 Å². The van der Waals surface area contributed by atoms with Gasteiger partial charge in [0.05, 0.1) is 5.52 Å². The second kappa shape index (κ2) is 9.43. The minimum atomic E-state index is -4.69. The lowest BCUT2D eigenvalue weighted by Gasteiger charge is -2.23. The maximum Gasteiger partial charge on any atom is 0.479 e. The van der Waals surface area contributed by atoms with Gasteiger partial charge in [-0.05, 0) is 56.0 Å². The Balaban J connectivity index is 2.38. The highest BCUT2D eigenvalue weighted by molar-refractivity contribution is 7.95. The van der Waals surface area contributed by atoms with Gasteiger partial charge in [-0.25, -0.2) is 9.78 Å². The number of hydrogen-bond acceptors (Lipinski definition) is 5. The third-order valence-electron chi connectivity index (χ3n) is 4.57. The zero-order valence-corrected chi connectivity index (χ0v) is 20.3. The van der Waals surface area contributed by atoms with Gasteiger partial charge in [0.15, 0.2) is 12.0 Å². The largest absolute Gasteiger partial charge is 0.479 e. The summed E-state index contributed by atoms with van der Waals surface area (Å²) in [6, 6.07) is 12.2. The van der Waals surface area contributed by atoms with Gasteiger partial charge in [-0.1, -0.05) is 49.7 Å². The number of hydrogen-bond donors (Lipinski definition) is 0. The third kappa shape index (κ3) is 6.32. The average Bonchev–Trinajstić information content (AvgIpc) is 2.69. The molecule has 176 valence electrons. The summed E-state index contributed by atoms with van der Waals surface area (Å²) >= 11 is 5.49. The van der Waals surface area contributed by atoms with Crippen LogP contribution >= 0.6 is 23.6 Å². The van der Waals surface area contributed by atoms with Crippen molar-refractivity contribution >= 4 is 40.5 Å². The summed E-state index contributed by atoms with van der Waals surface area (Å²) in [7, 11) is 0. The van der Waals surface area contributed by atoms with Gasteiger partial charge in [-0.15, -0.1) is 0 Å². The molecule has 0 radical (unpaired) electrons. The fourth-order valence-corrected chi connectivity index (χ4v) is 3.70. The fourth-order valence-electron chi connectivity index (χ4n) is 3.23. The van der Waals surface area contributed by atoms with Gasteiger partial charge in [-0.2, -0.15) is 13.2 Å². The molecule has 0 aliphatic heterocycles. The number of carbonyl (C=O) groups is 1. The minimum absolute atomic E-state index is 0.183. The molecule has 3 rings (SSSR count). The molecule has 0 atom stereocenters. The number of rotatable bonds is 5.